The summed E-state index contributed by atoms with van der Waals surface area (Å²) in [7, 11) is 0. The van der Waals surface area contributed by atoms with E-state index in [2.05, 4.69) is 0 Å². The number of rotatable bonds is 0. The van der Waals surface area contributed by atoms with E-state index in [4.69, 9.17) is 0 Å². The Morgan fingerprint density at radius 3 is 2.38 bits per heavy atom. The maximum atomic E-state index is 11.6. The lowest BCUT2D eigenvalue weighted by Crippen LogP contribution is -2.28. The van der Waals surface area contributed by atoms with Crippen molar-refractivity contribution in [3.05, 3.63) is 0 Å². The number of Topliss-reactive ketones (excluding diaryl/α,β-unsaturated/α-hetero) is 2. The molecule has 0 aliphatic heterocycles. The van der Waals surface area contributed by atoms with Gasteiger partial charge in [0, 0.05) is 11.3 Å². The molecule has 0 saturated heterocycles. The SMILES string of the molecule is CC1(C)C(=O)C(=O)[C@@H]2CCCC[C@@H]21. The molecule has 2 fully saturated rings. The van der Waals surface area contributed by atoms with E-state index >= 15 is 0 Å². The molecule has 2 heteroatoms. The fourth-order valence-corrected chi connectivity index (χ4v) is 2.96. The van der Waals surface area contributed by atoms with E-state index < -0.39 is 0 Å². The molecule has 2 rings (SSSR count). The van der Waals surface area contributed by atoms with E-state index in [1.807, 2.05) is 13.8 Å². The Balaban J connectivity index is 2.35. The van der Waals surface area contributed by atoms with Crippen LogP contribution in [0.4, 0.5) is 0 Å². The minimum atomic E-state index is -0.373. The Morgan fingerprint density at radius 1 is 1.15 bits per heavy atom. The van der Waals surface area contributed by atoms with E-state index in [9.17, 15) is 9.59 Å². The Kier molecular flexibility index (Phi) is 1.83. The highest BCUT2D eigenvalue weighted by Gasteiger charge is 2.54. The van der Waals surface area contributed by atoms with Crippen molar-refractivity contribution in [3.63, 3.8) is 0 Å². The van der Waals surface area contributed by atoms with Gasteiger partial charge in [-0.15, -0.1) is 0 Å². The summed E-state index contributed by atoms with van der Waals surface area (Å²) in [6.45, 7) is 3.87. The predicted octanol–water partition coefficient (Wildman–Crippen LogP) is 1.97. The Morgan fingerprint density at radius 2 is 1.77 bits per heavy atom. The van der Waals surface area contributed by atoms with E-state index in [1.165, 1.54) is 6.42 Å². The van der Waals surface area contributed by atoms with Gasteiger partial charge >= 0.3 is 0 Å². The van der Waals surface area contributed by atoms with Gasteiger partial charge in [0.1, 0.15) is 0 Å². The monoisotopic (exact) mass is 180 g/mol. The molecule has 0 aromatic rings. The molecular formula is C11H16O2. The lowest BCUT2D eigenvalue weighted by atomic mass is 9.71. The summed E-state index contributed by atoms with van der Waals surface area (Å²) >= 11 is 0. The molecule has 72 valence electrons. The van der Waals surface area contributed by atoms with Crippen molar-refractivity contribution < 1.29 is 9.59 Å². The maximum Gasteiger partial charge on any atom is 0.204 e. The van der Waals surface area contributed by atoms with Gasteiger partial charge in [0.15, 0.2) is 0 Å². The molecule has 13 heavy (non-hydrogen) atoms. The summed E-state index contributed by atoms with van der Waals surface area (Å²) in [5.74, 6) is 0.191. The van der Waals surface area contributed by atoms with Crippen molar-refractivity contribution in [2.45, 2.75) is 39.5 Å². The van der Waals surface area contributed by atoms with E-state index in [0.29, 0.717) is 5.92 Å². The molecule has 0 amide bonds. The highest BCUT2D eigenvalue weighted by molar-refractivity contribution is 6.42. The third-order valence-electron chi connectivity index (χ3n) is 3.84. The first-order valence-electron chi connectivity index (χ1n) is 5.14. The predicted molar refractivity (Wildman–Crippen MR) is 49.2 cm³/mol. The molecule has 0 aromatic heterocycles. The van der Waals surface area contributed by atoms with Gasteiger partial charge in [0.2, 0.25) is 11.6 Å². The van der Waals surface area contributed by atoms with Crippen LogP contribution in [0.15, 0.2) is 0 Å². The average molecular weight is 180 g/mol. The third-order valence-corrected chi connectivity index (χ3v) is 3.84. The van der Waals surface area contributed by atoms with Crippen LogP contribution >= 0.6 is 0 Å². The summed E-state index contributed by atoms with van der Waals surface area (Å²) in [5.41, 5.74) is -0.373. The smallest absolute Gasteiger partial charge is 0.204 e. The van der Waals surface area contributed by atoms with E-state index in [0.717, 1.165) is 19.3 Å². The van der Waals surface area contributed by atoms with Crippen LogP contribution in [0.2, 0.25) is 0 Å². The van der Waals surface area contributed by atoms with Crippen molar-refractivity contribution in [2.75, 3.05) is 0 Å². The Hall–Kier alpha value is -0.660. The largest absolute Gasteiger partial charge is 0.291 e. The fraction of sp³-hybridized carbons (Fsp3) is 0.818. The van der Waals surface area contributed by atoms with Gasteiger partial charge in [-0.05, 0) is 18.8 Å². The summed E-state index contributed by atoms with van der Waals surface area (Å²) in [5, 5.41) is 0. The van der Waals surface area contributed by atoms with Gasteiger partial charge in [-0.2, -0.15) is 0 Å². The van der Waals surface area contributed by atoms with Gasteiger partial charge < -0.3 is 0 Å². The van der Waals surface area contributed by atoms with Crippen molar-refractivity contribution in [1.29, 1.82) is 0 Å². The first-order chi connectivity index (χ1) is 6.05. The lowest BCUT2D eigenvalue weighted by Gasteiger charge is -2.31. The van der Waals surface area contributed by atoms with Crippen molar-refractivity contribution in [2.24, 2.45) is 17.3 Å². The topological polar surface area (TPSA) is 34.1 Å². The van der Waals surface area contributed by atoms with Gasteiger partial charge in [0.25, 0.3) is 0 Å². The number of carbonyl (C=O) groups excluding carboxylic acids is 2. The van der Waals surface area contributed by atoms with E-state index in [-0.39, 0.29) is 22.9 Å². The fourth-order valence-electron chi connectivity index (χ4n) is 2.96. The molecule has 2 aliphatic rings. The number of carbonyl (C=O) groups is 2. The summed E-state index contributed by atoms with van der Waals surface area (Å²) in [4.78, 5) is 23.2. The second-order valence-electron chi connectivity index (χ2n) is 4.91. The Bertz CT molecular complexity index is 265. The molecule has 2 aliphatic carbocycles. The van der Waals surface area contributed by atoms with Crippen LogP contribution in [0, 0.1) is 17.3 Å². The Labute approximate surface area is 78.7 Å². The molecule has 2 saturated carbocycles. The number of hydrogen-bond acceptors (Lipinski definition) is 2. The minimum Gasteiger partial charge on any atom is -0.291 e. The first kappa shape index (κ1) is 8.92. The highest BCUT2D eigenvalue weighted by atomic mass is 16.2. The quantitative estimate of drug-likeness (QED) is 0.534. The molecule has 0 heterocycles. The van der Waals surface area contributed by atoms with Crippen LogP contribution in [0.25, 0.3) is 0 Å². The normalized spacial score (nSPS) is 37.7. The van der Waals surface area contributed by atoms with Crippen LogP contribution in [-0.4, -0.2) is 11.6 Å². The second kappa shape index (κ2) is 2.66. The molecular weight excluding hydrogens is 164 g/mol. The average Bonchev–Trinajstić information content (AvgIpc) is 2.30. The van der Waals surface area contributed by atoms with Gasteiger partial charge in [-0.3, -0.25) is 9.59 Å². The van der Waals surface area contributed by atoms with E-state index in [1.54, 1.807) is 0 Å². The van der Waals surface area contributed by atoms with Crippen molar-refractivity contribution in [3.8, 4) is 0 Å². The third kappa shape index (κ3) is 1.07. The van der Waals surface area contributed by atoms with Crippen LogP contribution in [0.1, 0.15) is 39.5 Å². The standard InChI is InChI=1S/C11H16O2/c1-11(2)8-6-4-3-5-7(8)9(12)10(11)13/h7-8H,3-6H2,1-2H3/t7-,8+/m1/s1. The molecule has 0 radical (unpaired) electrons. The number of hydrogen-bond donors (Lipinski definition) is 0. The van der Waals surface area contributed by atoms with Gasteiger partial charge in [-0.1, -0.05) is 26.7 Å². The summed E-state index contributed by atoms with van der Waals surface area (Å²) in [6.07, 6.45) is 4.31. The van der Waals surface area contributed by atoms with Crippen molar-refractivity contribution in [1.82, 2.24) is 0 Å². The summed E-state index contributed by atoms with van der Waals surface area (Å²) < 4.78 is 0. The molecule has 0 N–H and O–H groups in total. The highest BCUT2D eigenvalue weighted by Crippen LogP contribution is 2.48. The molecule has 0 aromatic carbocycles. The maximum absolute atomic E-state index is 11.6. The van der Waals surface area contributed by atoms with Crippen LogP contribution in [-0.2, 0) is 9.59 Å². The summed E-state index contributed by atoms with van der Waals surface area (Å²) in [6, 6.07) is 0. The zero-order valence-electron chi connectivity index (χ0n) is 8.30. The molecule has 0 unspecified atom stereocenters. The number of ketones is 2. The van der Waals surface area contributed by atoms with Crippen LogP contribution < -0.4 is 0 Å². The van der Waals surface area contributed by atoms with Gasteiger partial charge in [-0.25, -0.2) is 0 Å². The van der Waals surface area contributed by atoms with Gasteiger partial charge in [0.05, 0.1) is 0 Å². The number of fused-ring (bicyclic) bond motifs is 1. The first-order valence-corrected chi connectivity index (χ1v) is 5.14. The molecule has 2 atom stereocenters. The molecule has 0 spiro atoms. The van der Waals surface area contributed by atoms with Crippen LogP contribution in [0.5, 0.6) is 0 Å². The zero-order chi connectivity index (χ0) is 9.64. The second-order valence-corrected chi connectivity index (χ2v) is 4.91. The zero-order valence-corrected chi connectivity index (χ0v) is 8.30. The minimum absolute atomic E-state index is 0.0660. The lowest BCUT2D eigenvalue weighted by molar-refractivity contribution is -0.138. The van der Waals surface area contributed by atoms with Crippen molar-refractivity contribution >= 4 is 11.6 Å². The van der Waals surface area contributed by atoms with Crippen LogP contribution in [0.3, 0.4) is 0 Å². The molecule has 0 bridgehead atoms. The molecule has 2 nitrogen and oxygen atoms in total.